The first kappa shape index (κ1) is 8.44. The van der Waals surface area contributed by atoms with Crippen LogP contribution in [0.1, 0.15) is 11.6 Å². The quantitative estimate of drug-likeness (QED) is 0.729. The van der Waals surface area contributed by atoms with Crippen LogP contribution in [-0.2, 0) is 0 Å². The van der Waals surface area contributed by atoms with Crippen LogP contribution >= 0.6 is 0 Å². The molecule has 1 aliphatic heterocycles. The molecule has 1 heterocycles. The van der Waals surface area contributed by atoms with Crippen molar-refractivity contribution < 1.29 is 13.5 Å². The number of halogens is 2. The first-order chi connectivity index (χ1) is 6.27. The molecule has 0 aromatic heterocycles. The predicted molar refractivity (Wildman–Crippen MR) is 43.8 cm³/mol. The molecule has 0 bridgehead atoms. The Balaban J connectivity index is 2.21. The van der Waals surface area contributed by atoms with Crippen molar-refractivity contribution in [2.45, 2.75) is 12.7 Å². The molecule has 2 nitrogen and oxygen atoms in total. The van der Waals surface area contributed by atoms with E-state index >= 15 is 0 Å². The lowest BCUT2D eigenvalue weighted by Crippen LogP contribution is -2.04. The van der Waals surface area contributed by atoms with Gasteiger partial charge in [0.15, 0.2) is 0 Å². The molecular weight excluding hydrogens is 176 g/mol. The molecule has 1 saturated heterocycles. The highest BCUT2D eigenvalue weighted by atomic mass is 19.3. The van der Waals surface area contributed by atoms with E-state index in [1.54, 1.807) is 18.2 Å². The second kappa shape index (κ2) is 3.30. The summed E-state index contributed by atoms with van der Waals surface area (Å²) >= 11 is 0. The first-order valence-electron chi connectivity index (χ1n) is 4.04. The lowest BCUT2D eigenvalue weighted by Gasteiger charge is -2.08. The fourth-order valence-electron chi connectivity index (χ4n) is 1.25. The normalized spacial score (nSPS) is 20.4. The molecule has 2 rings (SSSR count). The van der Waals surface area contributed by atoms with Gasteiger partial charge in [-0.15, -0.1) is 0 Å². The molecular formula is C9H9F2NO. The second-order valence-electron chi connectivity index (χ2n) is 2.88. The van der Waals surface area contributed by atoms with Crippen LogP contribution in [0.3, 0.4) is 0 Å². The zero-order chi connectivity index (χ0) is 9.26. The molecule has 13 heavy (non-hydrogen) atoms. The SMILES string of the molecule is FC(F)Oc1ccccc1[C@H]1CN1. The monoisotopic (exact) mass is 185 g/mol. The highest BCUT2D eigenvalue weighted by Crippen LogP contribution is 2.30. The first-order valence-corrected chi connectivity index (χ1v) is 4.04. The summed E-state index contributed by atoms with van der Waals surface area (Å²) < 4.78 is 28.3. The Morgan fingerprint density at radius 3 is 2.69 bits per heavy atom. The van der Waals surface area contributed by atoms with Gasteiger partial charge in [-0.1, -0.05) is 18.2 Å². The number of hydrogen-bond acceptors (Lipinski definition) is 2. The van der Waals surface area contributed by atoms with Gasteiger partial charge in [0.1, 0.15) is 5.75 Å². The number of nitrogens with one attached hydrogen (secondary N) is 1. The van der Waals surface area contributed by atoms with Crippen LogP contribution in [-0.4, -0.2) is 13.2 Å². The van der Waals surface area contributed by atoms with Crippen molar-refractivity contribution in [3.05, 3.63) is 29.8 Å². The standard InChI is InChI=1S/C9H9F2NO/c10-9(11)13-8-4-2-1-3-6(8)7-5-12-7/h1-4,7,9,12H,5H2/t7-/m1/s1. The van der Waals surface area contributed by atoms with Crippen molar-refractivity contribution in [3.8, 4) is 5.75 Å². The van der Waals surface area contributed by atoms with Gasteiger partial charge in [-0.05, 0) is 6.07 Å². The number of ether oxygens (including phenoxy) is 1. The summed E-state index contributed by atoms with van der Waals surface area (Å²) in [6.45, 7) is -1.91. The van der Waals surface area contributed by atoms with E-state index in [1.807, 2.05) is 6.07 Å². The molecule has 1 fully saturated rings. The number of benzene rings is 1. The Morgan fingerprint density at radius 2 is 2.08 bits per heavy atom. The topological polar surface area (TPSA) is 31.2 Å². The number of rotatable bonds is 3. The fourth-order valence-corrected chi connectivity index (χ4v) is 1.25. The van der Waals surface area contributed by atoms with Crippen LogP contribution in [0.25, 0.3) is 0 Å². The van der Waals surface area contributed by atoms with Crippen LogP contribution in [0.4, 0.5) is 8.78 Å². The van der Waals surface area contributed by atoms with E-state index in [0.717, 1.165) is 12.1 Å². The Labute approximate surface area is 74.5 Å². The minimum absolute atomic E-state index is 0.190. The summed E-state index contributed by atoms with van der Waals surface area (Å²) in [6, 6.07) is 7.04. The van der Waals surface area contributed by atoms with Crippen molar-refractivity contribution in [1.29, 1.82) is 0 Å². The molecule has 0 radical (unpaired) electrons. The molecule has 70 valence electrons. The van der Waals surface area contributed by atoms with E-state index in [0.29, 0.717) is 0 Å². The summed E-state index contributed by atoms with van der Waals surface area (Å²) in [4.78, 5) is 0. The van der Waals surface area contributed by atoms with E-state index in [2.05, 4.69) is 10.1 Å². The van der Waals surface area contributed by atoms with E-state index < -0.39 is 6.61 Å². The van der Waals surface area contributed by atoms with Crippen molar-refractivity contribution in [2.75, 3.05) is 6.54 Å². The van der Waals surface area contributed by atoms with Crippen LogP contribution in [0.2, 0.25) is 0 Å². The van der Waals surface area contributed by atoms with Crippen molar-refractivity contribution in [3.63, 3.8) is 0 Å². The molecule has 0 spiro atoms. The molecule has 0 saturated carbocycles. The molecule has 1 aromatic rings. The molecule has 1 aliphatic rings. The van der Waals surface area contributed by atoms with Gasteiger partial charge in [-0.2, -0.15) is 8.78 Å². The zero-order valence-electron chi connectivity index (χ0n) is 6.84. The van der Waals surface area contributed by atoms with Gasteiger partial charge in [0.2, 0.25) is 0 Å². The van der Waals surface area contributed by atoms with Crippen LogP contribution < -0.4 is 10.1 Å². The van der Waals surface area contributed by atoms with Gasteiger partial charge in [0, 0.05) is 18.2 Å². The summed E-state index contributed by atoms with van der Waals surface area (Å²) in [5.41, 5.74) is 0.808. The second-order valence-corrected chi connectivity index (χ2v) is 2.88. The molecule has 0 aliphatic carbocycles. The lowest BCUT2D eigenvalue weighted by molar-refractivity contribution is -0.0504. The van der Waals surface area contributed by atoms with Gasteiger partial charge < -0.3 is 10.1 Å². The fraction of sp³-hybridized carbons (Fsp3) is 0.333. The number of hydrogen-bond donors (Lipinski definition) is 1. The minimum atomic E-state index is -2.75. The molecule has 0 amide bonds. The van der Waals surface area contributed by atoms with E-state index in [1.165, 1.54) is 0 Å². The molecule has 4 heteroatoms. The summed E-state index contributed by atoms with van der Waals surface area (Å²) in [5.74, 6) is 0.271. The Kier molecular flexibility index (Phi) is 2.14. The zero-order valence-corrected chi connectivity index (χ0v) is 6.84. The van der Waals surface area contributed by atoms with E-state index in [-0.39, 0.29) is 11.8 Å². The summed E-state index contributed by atoms with van der Waals surface area (Å²) in [6.07, 6.45) is 0. The largest absolute Gasteiger partial charge is 0.434 e. The van der Waals surface area contributed by atoms with Gasteiger partial charge >= 0.3 is 6.61 Å². The predicted octanol–water partition coefficient (Wildman–Crippen LogP) is 1.93. The smallest absolute Gasteiger partial charge is 0.387 e. The average molecular weight is 185 g/mol. The number of para-hydroxylation sites is 1. The third kappa shape index (κ3) is 1.95. The van der Waals surface area contributed by atoms with Gasteiger partial charge in [0.25, 0.3) is 0 Å². The van der Waals surface area contributed by atoms with Crippen molar-refractivity contribution in [1.82, 2.24) is 5.32 Å². The van der Waals surface area contributed by atoms with Crippen LogP contribution in [0.15, 0.2) is 24.3 Å². The molecule has 1 aromatic carbocycles. The molecule has 0 unspecified atom stereocenters. The Morgan fingerprint density at radius 1 is 1.38 bits per heavy atom. The lowest BCUT2D eigenvalue weighted by atomic mass is 10.1. The van der Waals surface area contributed by atoms with Gasteiger partial charge in [-0.3, -0.25) is 0 Å². The van der Waals surface area contributed by atoms with Crippen LogP contribution in [0, 0.1) is 0 Å². The van der Waals surface area contributed by atoms with Crippen molar-refractivity contribution >= 4 is 0 Å². The Bertz CT molecular complexity index is 299. The number of alkyl halides is 2. The van der Waals surface area contributed by atoms with Crippen LogP contribution in [0.5, 0.6) is 5.75 Å². The molecule has 1 N–H and O–H groups in total. The van der Waals surface area contributed by atoms with E-state index in [4.69, 9.17) is 0 Å². The summed E-state index contributed by atoms with van der Waals surface area (Å²) in [5, 5.41) is 3.04. The summed E-state index contributed by atoms with van der Waals surface area (Å²) in [7, 11) is 0. The highest BCUT2D eigenvalue weighted by molar-refractivity contribution is 5.38. The van der Waals surface area contributed by atoms with E-state index in [9.17, 15) is 8.78 Å². The third-order valence-electron chi connectivity index (χ3n) is 1.92. The van der Waals surface area contributed by atoms with Gasteiger partial charge in [-0.25, -0.2) is 0 Å². The maximum atomic E-state index is 11.9. The maximum absolute atomic E-state index is 11.9. The maximum Gasteiger partial charge on any atom is 0.387 e. The third-order valence-corrected chi connectivity index (χ3v) is 1.92. The highest BCUT2D eigenvalue weighted by Gasteiger charge is 2.26. The Hall–Kier alpha value is -1.16. The van der Waals surface area contributed by atoms with Crippen molar-refractivity contribution in [2.24, 2.45) is 0 Å². The minimum Gasteiger partial charge on any atom is -0.434 e. The molecule has 1 atom stereocenters. The average Bonchev–Trinajstić information content (AvgIpc) is 2.87. The van der Waals surface area contributed by atoms with Gasteiger partial charge in [0.05, 0.1) is 0 Å².